The summed E-state index contributed by atoms with van der Waals surface area (Å²) in [7, 11) is 0. The van der Waals surface area contributed by atoms with Crippen molar-refractivity contribution in [3.05, 3.63) is 46.6 Å². The van der Waals surface area contributed by atoms with E-state index in [0.717, 1.165) is 24.0 Å². The molecule has 0 aliphatic heterocycles. The Balaban J connectivity index is 3.03. The Bertz CT molecular complexity index is 692. The van der Waals surface area contributed by atoms with Crippen molar-refractivity contribution in [1.29, 1.82) is 0 Å². The molecule has 0 aliphatic carbocycles. The van der Waals surface area contributed by atoms with Gasteiger partial charge in [0, 0.05) is 19.4 Å². The molecule has 0 saturated carbocycles. The monoisotopic (exact) mass is 344 g/mol. The molecule has 0 aliphatic rings. The predicted molar refractivity (Wildman–Crippen MR) is 99.9 cm³/mol. The van der Waals surface area contributed by atoms with Gasteiger partial charge in [-0.1, -0.05) is 23.3 Å². The van der Waals surface area contributed by atoms with Crippen molar-refractivity contribution >= 4 is 11.9 Å². The highest BCUT2D eigenvalue weighted by molar-refractivity contribution is 5.72. The number of benzene rings is 1. The number of carbonyl (C=O) groups excluding carboxylic acids is 2. The molecule has 0 amide bonds. The van der Waals surface area contributed by atoms with Crippen LogP contribution in [0.15, 0.2) is 35.4 Å². The zero-order valence-corrected chi connectivity index (χ0v) is 16.1. The van der Waals surface area contributed by atoms with Gasteiger partial charge in [-0.2, -0.15) is 0 Å². The molecule has 136 valence electrons. The highest BCUT2D eigenvalue weighted by Crippen LogP contribution is 2.30. The van der Waals surface area contributed by atoms with Crippen LogP contribution < -0.4 is 9.47 Å². The molecule has 0 bridgehead atoms. The molecule has 4 nitrogen and oxygen atoms in total. The Kier molecular flexibility index (Phi) is 8.12. The summed E-state index contributed by atoms with van der Waals surface area (Å²) in [6, 6.07) is 3.46. The fraction of sp³-hybridized carbons (Fsp3) is 0.429. The van der Waals surface area contributed by atoms with Crippen molar-refractivity contribution in [3.63, 3.8) is 0 Å². The standard InChI is InChI=1S/C21H28O4/c1-14(2)8-7-9-15(3)10-11-19-13-20(24-17(5)22)12-16(4)21(19)25-18(6)23/h8,10,12-13H,7,9,11H2,1-6H3. The lowest BCUT2D eigenvalue weighted by Gasteiger charge is -2.13. The average molecular weight is 344 g/mol. The molecule has 0 radical (unpaired) electrons. The van der Waals surface area contributed by atoms with Gasteiger partial charge in [0.15, 0.2) is 0 Å². The normalized spacial score (nSPS) is 11.0. The molecule has 4 heteroatoms. The van der Waals surface area contributed by atoms with Crippen LogP contribution in [0.25, 0.3) is 0 Å². The van der Waals surface area contributed by atoms with E-state index in [1.807, 2.05) is 6.92 Å². The first-order valence-corrected chi connectivity index (χ1v) is 8.48. The molecule has 25 heavy (non-hydrogen) atoms. The van der Waals surface area contributed by atoms with Crippen LogP contribution in [0, 0.1) is 6.92 Å². The van der Waals surface area contributed by atoms with Crippen LogP contribution in [0.1, 0.15) is 58.6 Å². The first-order valence-electron chi connectivity index (χ1n) is 8.48. The molecule has 1 aromatic carbocycles. The molecule has 0 aromatic heterocycles. The summed E-state index contributed by atoms with van der Waals surface area (Å²) in [4.78, 5) is 22.6. The zero-order valence-electron chi connectivity index (χ0n) is 16.1. The summed E-state index contributed by atoms with van der Waals surface area (Å²) in [5.41, 5.74) is 4.17. The third-order valence-electron chi connectivity index (χ3n) is 3.59. The van der Waals surface area contributed by atoms with Crippen molar-refractivity contribution in [2.24, 2.45) is 0 Å². The lowest BCUT2D eigenvalue weighted by atomic mass is 10.0. The molecule has 0 saturated heterocycles. The van der Waals surface area contributed by atoms with Crippen LogP contribution in [-0.4, -0.2) is 11.9 Å². The maximum Gasteiger partial charge on any atom is 0.308 e. The Hall–Kier alpha value is -2.36. The van der Waals surface area contributed by atoms with Gasteiger partial charge in [-0.25, -0.2) is 0 Å². The van der Waals surface area contributed by atoms with Gasteiger partial charge in [0.1, 0.15) is 11.5 Å². The second-order valence-electron chi connectivity index (χ2n) is 6.49. The quantitative estimate of drug-likeness (QED) is 0.393. The van der Waals surface area contributed by atoms with E-state index in [2.05, 4.69) is 32.9 Å². The molecule has 0 heterocycles. The Labute approximate surface area is 150 Å². The van der Waals surface area contributed by atoms with E-state index in [1.165, 1.54) is 25.0 Å². The minimum atomic E-state index is -0.376. The van der Waals surface area contributed by atoms with Crippen molar-refractivity contribution < 1.29 is 19.1 Å². The lowest BCUT2D eigenvalue weighted by molar-refractivity contribution is -0.133. The second kappa shape index (κ2) is 9.82. The zero-order chi connectivity index (χ0) is 19.0. The summed E-state index contributed by atoms with van der Waals surface area (Å²) >= 11 is 0. The third-order valence-corrected chi connectivity index (χ3v) is 3.59. The van der Waals surface area contributed by atoms with Gasteiger partial charge in [-0.3, -0.25) is 9.59 Å². The van der Waals surface area contributed by atoms with Gasteiger partial charge in [0.05, 0.1) is 0 Å². The minimum absolute atomic E-state index is 0.367. The highest BCUT2D eigenvalue weighted by Gasteiger charge is 2.13. The van der Waals surface area contributed by atoms with E-state index in [4.69, 9.17) is 9.47 Å². The molecular formula is C21H28O4. The summed E-state index contributed by atoms with van der Waals surface area (Å²) in [5, 5.41) is 0. The number of hydrogen-bond donors (Lipinski definition) is 0. The van der Waals surface area contributed by atoms with Gasteiger partial charge in [0.2, 0.25) is 0 Å². The van der Waals surface area contributed by atoms with Gasteiger partial charge < -0.3 is 9.47 Å². The number of esters is 2. The smallest absolute Gasteiger partial charge is 0.308 e. The Morgan fingerprint density at radius 1 is 0.960 bits per heavy atom. The number of allylic oxidation sites excluding steroid dienone is 4. The van der Waals surface area contributed by atoms with E-state index in [0.29, 0.717) is 17.9 Å². The number of carbonyl (C=O) groups is 2. The molecule has 1 rings (SSSR count). The molecule has 0 spiro atoms. The van der Waals surface area contributed by atoms with Crippen molar-refractivity contribution in [1.82, 2.24) is 0 Å². The third kappa shape index (κ3) is 7.84. The van der Waals surface area contributed by atoms with Gasteiger partial charge in [-0.05, 0) is 64.7 Å². The van der Waals surface area contributed by atoms with Crippen LogP contribution >= 0.6 is 0 Å². The largest absolute Gasteiger partial charge is 0.427 e. The van der Waals surface area contributed by atoms with Crippen LogP contribution in [0.5, 0.6) is 11.5 Å². The van der Waals surface area contributed by atoms with Crippen molar-refractivity contribution in [3.8, 4) is 11.5 Å². The SMILES string of the molecule is CC(=O)Oc1cc(C)c(OC(C)=O)c(CC=C(C)CCC=C(C)C)c1. The summed E-state index contributed by atoms with van der Waals surface area (Å²) in [6.07, 6.45) is 6.94. The van der Waals surface area contributed by atoms with E-state index < -0.39 is 0 Å². The number of rotatable bonds is 7. The minimum Gasteiger partial charge on any atom is -0.427 e. The maximum atomic E-state index is 11.4. The highest BCUT2D eigenvalue weighted by atomic mass is 16.5. The first kappa shape index (κ1) is 20.7. The second-order valence-corrected chi connectivity index (χ2v) is 6.49. The van der Waals surface area contributed by atoms with Crippen LogP contribution in [-0.2, 0) is 16.0 Å². The number of aryl methyl sites for hydroxylation is 1. The molecule has 0 N–H and O–H groups in total. The molecule has 0 unspecified atom stereocenters. The van der Waals surface area contributed by atoms with E-state index in [1.54, 1.807) is 12.1 Å². The van der Waals surface area contributed by atoms with Crippen molar-refractivity contribution in [2.45, 2.75) is 60.8 Å². The molecule has 0 atom stereocenters. The van der Waals surface area contributed by atoms with Crippen molar-refractivity contribution in [2.75, 3.05) is 0 Å². The molecule has 1 aromatic rings. The fourth-order valence-electron chi connectivity index (χ4n) is 2.45. The summed E-state index contributed by atoms with van der Waals surface area (Å²) in [6.45, 7) is 10.8. The molecule has 0 fully saturated rings. The van der Waals surface area contributed by atoms with E-state index in [-0.39, 0.29) is 11.9 Å². The topological polar surface area (TPSA) is 52.6 Å². The van der Waals surface area contributed by atoms with Crippen LogP contribution in [0.3, 0.4) is 0 Å². The lowest BCUT2D eigenvalue weighted by Crippen LogP contribution is -2.07. The fourth-order valence-corrected chi connectivity index (χ4v) is 2.45. The van der Waals surface area contributed by atoms with Crippen LogP contribution in [0.2, 0.25) is 0 Å². The average Bonchev–Trinajstić information content (AvgIpc) is 2.46. The van der Waals surface area contributed by atoms with Gasteiger partial charge >= 0.3 is 11.9 Å². The first-order chi connectivity index (χ1) is 11.7. The summed E-state index contributed by atoms with van der Waals surface area (Å²) in [5.74, 6) is 0.260. The number of hydrogen-bond acceptors (Lipinski definition) is 4. The van der Waals surface area contributed by atoms with Crippen LogP contribution in [0.4, 0.5) is 0 Å². The Morgan fingerprint density at radius 2 is 1.60 bits per heavy atom. The maximum absolute atomic E-state index is 11.4. The predicted octanol–water partition coefficient (Wildman–Crippen LogP) is 5.08. The van der Waals surface area contributed by atoms with E-state index >= 15 is 0 Å². The summed E-state index contributed by atoms with van der Waals surface area (Å²) < 4.78 is 10.5. The van der Waals surface area contributed by atoms with Gasteiger partial charge in [-0.15, -0.1) is 0 Å². The molecular weight excluding hydrogens is 316 g/mol. The van der Waals surface area contributed by atoms with Gasteiger partial charge in [0.25, 0.3) is 0 Å². The number of ether oxygens (including phenoxy) is 2. The Morgan fingerprint density at radius 3 is 2.16 bits per heavy atom. The van der Waals surface area contributed by atoms with E-state index in [9.17, 15) is 9.59 Å².